The number of carbonyl (C=O) groups is 1. The first-order valence-electron chi connectivity index (χ1n) is 4.58. The second-order valence-electron chi connectivity index (χ2n) is 2.79. The fourth-order valence-electron chi connectivity index (χ4n) is 0.959. The van der Waals surface area contributed by atoms with Gasteiger partial charge in [0.25, 0.3) is 0 Å². The van der Waals surface area contributed by atoms with Gasteiger partial charge in [0.1, 0.15) is 6.20 Å². The number of esters is 1. The van der Waals surface area contributed by atoms with Gasteiger partial charge in [-0.05, 0) is 29.0 Å². The molecule has 0 N–H and O–H groups in total. The highest BCUT2D eigenvalue weighted by Gasteiger charge is 2.04. The molecule has 0 radical (unpaired) electrons. The van der Waals surface area contributed by atoms with Crippen LogP contribution < -0.4 is 0 Å². The van der Waals surface area contributed by atoms with Crippen LogP contribution in [0.15, 0.2) is 24.4 Å². The summed E-state index contributed by atoms with van der Waals surface area (Å²) in [7, 11) is 0. The number of pyridine rings is 1. The Bertz CT molecular complexity index is 411. The summed E-state index contributed by atoms with van der Waals surface area (Å²) in [6.45, 7) is 2.01. The molecule has 0 aliphatic carbocycles. The van der Waals surface area contributed by atoms with E-state index < -0.39 is 10.9 Å². The van der Waals surface area contributed by atoms with Gasteiger partial charge in [-0.25, -0.2) is 4.79 Å². The Kier molecular flexibility index (Phi) is 4.14. The van der Waals surface area contributed by atoms with E-state index in [1.54, 1.807) is 6.92 Å². The third kappa shape index (κ3) is 3.49. The largest absolute Gasteiger partial charge is 0.463 e. The molecule has 1 aromatic heterocycles. The number of hydrogen-bond acceptors (Lipinski definition) is 5. The Hall–Kier alpha value is -2.24. The molecule has 0 atom stereocenters. The minimum Gasteiger partial charge on any atom is -0.463 e. The van der Waals surface area contributed by atoms with E-state index in [1.165, 1.54) is 30.5 Å². The average Bonchev–Trinajstić information content (AvgIpc) is 2.27. The predicted octanol–water partition coefficient (Wildman–Crippen LogP) is 1.57. The van der Waals surface area contributed by atoms with E-state index in [0.29, 0.717) is 12.2 Å². The van der Waals surface area contributed by atoms with Crippen molar-refractivity contribution < 1.29 is 14.5 Å². The Morgan fingerprint density at radius 1 is 1.62 bits per heavy atom. The van der Waals surface area contributed by atoms with Gasteiger partial charge in [-0.1, -0.05) is 0 Å². The molecule has 0 saturated carbocycles. The van der Waals surface area contributed by atoms with Crippen LogP contribution in [0.2, 0.25) is 0 Å². The molecule has 16 heavy (non-hydrogen) atoms. The molecule has 1 rings (SSSR count). The molecule has 0 aliphatic heterocycles. The molecule has 1 aromatic rings. The summed E-state index contributed by atoms with van der Waals surface area (Å²) in [5.41, 5.74) is 0.596. The topological polar surface area (TPSA) is 82.3 Å². The monoisotopic (exact) mass is 222 g/mol. The van der Waals surface area contributed by atoms with E-state index in [-0.39, 0.29) is 5.82 Å². The average molecular weight is 222 g/mol. The molecular formula is C10H10N2O4. The standard InChI is InChI=1S/C10H10N2O4/c1-2-16-10(13)6-4-8-3-5-9(11-7-8)12(14)15/h3-7H,2H2,1H3. The van der Waals surface area contributed by atoms with Gasteiger partial charge in [0, 0.05) is 17.7 Å². The maximum absolute atomic E-state index is 11.0. The van der Waals surface area contributed by atoms with Gasteiger partial charge < -0.3 is 14.9 Å². The lowest BCUT2D eigenvalue weighted by atomic mass is 10.2. The van der Waals surface area contributed by atoms with Crippen molar-refractivity contribution >= 4 is 17.9 Å². The second kappa shape index (κ2) is 5.59. The van der Waals surface area contributed by atoms with Gasteiger partial charge in [-0.15, -0.1) is 0 Å². The summed E-state index contributed by atoms with van der Waals surface area (Å²) >= 11 is 0. The van der Waals surface area contributed by atoms with Crippen LogP contribution in [-0.2, 0) is 9.53 Å². The van der Waals surface area contributed by atoms with Gasteiger partial charge in [0.15, 0.2) is 0 Å². The molecule has 0 saturated heterocycles. The van der Waals surface area contributed by atoms with Gasteiger partial charge >= 0.3 is 11.8 Å². The minimum absolute atomic E-state index is 0.228. The van der Waals surface area contributed by atoms with Gasteiger partial charge in [-0.3, -0.25) is 0 Å². The minimum atomic E-state index is -0.584. The smallest absolute Gasteiger partial charge is 0.363 e. The number of ether oxygens (including phenoxy) is 1. The summed E-state index contributed by atoms with van der Waals surface area (Å²) in [6, 6.07) is 2.77. The van der Waals surface area contributed by atoms with Crippen LogP contribution in [0.4, 0.5) is 5.82 Å². The molecule has 0 spiro atoms. The van der Waals surface area contributed by atoms with Crippen molar-refractivity contribution in [2.24, 2.45) is 0 Å². The molecule has 0 bridgehead atoms. The quantitative estimate of drug-likeness (QED) is 0.334. The maximum Gasteiger partial charge on any atom is 0.363 e. The van der Waals surface area contributed by atoms with Crippen LogP contribution in [-0.4, -0.2) is 22.5 Å². The first-order chi connectivity index (χ1) is 7.63. The van der Waals surface area contributed by atoms with Gasteiger partial charge in [0.2, 0.25) is 0 Å². The summed E-state index contributed by atoms with van der Waals surface area (Å²) < 4.78 is 4.67. The maximum atomic E-state index is 11.0. The lowest BCUT2D eigenvalue weighted by Crippen LogP contribution is -1.98. The van der Waals surface area contributed by atoms with Crippen molar-refractivity contribution in [1.82, 2.24) is 4.98 Å². The first-order valence-corrected chi connectivity index (χ1v) is 4.58. The van der Waals surface area contributed by atoms with Crippen molar-refractivity contribution in [3.8, 4) is 0 Å². The fourth-order valence-corrected chi connectivity index (χ4v) is 0.959. The van der Waals surface area contributed by atoms with E-state index in [9.17, 15) is 14.9 Å². The number of nitrogens with zero attached hydrogens (tertiary/aromatic N) is 2. The second-order valence-corrected chi connectivity index (χ2v) is 2.79. The number of carbonyl (C=O) groups excluding carboxylic acids is 1. The lowest BCUT2D eigenvalue weighted by molar-refractivity contribution is -0.389. The highest BCUT2D eigenvalue weighted by Crippen LogP contribution is 2.08. The SMILES string of the molecule is CCOC(=O)C=Cc1ccc([N+](=O)[O-])nc1. The summed E-state index contributed by atoms with van der Waals surface area (Å²) in [6.07, 6.45) is 4.04. The molecule has 1 heterocycles. The highest BCUT2D eigenvalue weighted by atomic mass is 16.6. The Morgan fingerprint density at radius 2 is 2.38 bits per heavy atom. The molecular weight excluding hydrogens is 212 g/mol. The lowest BCUT2D eigenvalue weighted by Gasteiger charge is -1.94. The van der Waals surface area contributed by atoms with Crippen LogP contribution in [0, 0.1) is 10.1 Å². The van der Waals surface area contributed by atoms with E-state index in [1.807, 2.05) is 0 Å². The summed E-state index contributed by atoms with van der Waals surface area (Å²) in [5.74, 6) is -0.686. The zero-order chi connectivity index (χ0) is 12.0. The summed E-state index contributed by atoms with van der Waals surface area (Å²) in [5, 5.41) is 10.3. The fraction of sp³-hybridized carbons (Fsp3) is 0.200. The number of nitro groups is 1. The van der Waals surface area contributed by atoms with Crippen molar-refractivity contribution in [1.29, 1.82) is 0 Å². The molecule has 6 nitrogen and oxygen atoms in total. The molecule has 0 aliphatic rings. The number of rotatable bonds is 4. The molecule has 0 amide bonds. The van der Waals surface area contributed by atoms with Crippen molar-refractivity contribution in [2.75, 3.05) is 6.61 Å². The molecule has 6 heteroatoms. The van der Waals surface area contributed by atoms with E-state index in [0.717, 1.165) is 0 Å². The number of hydrogen-bond donors (Lipinski definition) is 0. The van der Waals surface area contributed by atoms with Crippen LogP contribution in [0.25, 0.3) is 6.08 Å². The predicted molar refractivity (Wildman–Crippen MR) is 56.6 cm³/mol. The van der Waals surface area contributed by atoms with E-state index >= 15 is 0 Å². The van der Waals surface area contributed by atoms with Crippen molar-refractivity contribution in [3.05, 3.63) is 40.1 Å². The highest BCUT2D eigenvalue weighted by molar-refractivity contribution is 5.86. The number of aromatic nitrogens is 1. The van der Waals surface area contributed by atoms with Crippen molar-refractivity contribution in [2.45, 2.75) is 6.92 Å². The third-order valence-electron chi connectivity index (χ3n) is 1.66. The van der Waals surface area contributed by atoms with Gasteiger partial charge in [-0.2, -0.15) is 0 Å². The van der Waals surface area contributed by atoms with Gasteiger partial charge in [0.05, 0.1) is 6.61 Å². The van der Waals surface area contributed by atoms with E-state index in [2.05, 4.69) is 9.72 Å². The van der Waals surface area contributed by atoms with Crippen molar-refractivity contribution in [3.63, 3.8) is 0 Å². The Balaban J connectivity index is 2.68. The molecule has 0 fully saturated rings. The van der Waals surface area contributed by atoms with Crippen LogP contribution in [0.3, 0.4) is 0 Å². The molecule has 0 aromatic carbocycles. The van der Waals surface area contributed by atoms with Crippen LogP contribution in [0.1, 0.15) is 12.5 Å². The molecule has 0 unspecified atom stereocenters. The Morgan fingerprint density at radius 3 is 2.88 bits per heavy atom. The molecule has 84 valence electrons. The van der Waals surface area contributed by atoms with Crippen LogP contribution in [0.5, 0.6) is 0 Å². The van der Waals surface area contributed by atoms with Crippen LogP contribution >= 0.6 is 0 Å². The first kappa shape index (κ1) is 11.8. The zero-order valence-corrected chi connectivity index (χ0v) is 8.62. The Labute approximate surface area is 91.7 Å². The van der Waals surface area contributed by atoms with E-state index in [4.69, 9.17) is 0 Å². The zero-order valence-electron chi connectivity index (χ0n) is 8.62. The third-order valence-corrected chi connectivity index (χ3v) is 1.66. The normalized spacial score (nSPS) is 10.3. The summed E-state index contributed by atoms with van der Waals surface area (Å²) in [4.78, 5) is 24.3.